The molecule has 1 heterocycles. The summed E-state index contributed by atoms with van der Waals surface area (Å²) >= 11 is 0. The second-order valence-electron chi connectivity index (χ2n) is 8.54. The minimum Gasteiger partial charge on any atom is -0.508 e. The molecule has 15 heteroatoms. The first-order chi connectivity index (χ1) is 17.9. The van der Waals surface area contributed by atoms with Gasteiger partial charge in [0, 0.05) is 24.7 Å². The molecule has 15 nitrogen and oxygen atoms in total. The number of benzene rings is 1. The van der Waals surface area contributed by atoms with Gasteiger partial charge in [0.2, 0.25) is 17.7 Å². The summed E-state index contributed by atoms with van der Waals surface area (Å²) in [5.41, 5.74) is 6.44. The molecule has 0 saturated heterocycles. The molecule has 0 aliphatic heterocycles. The number of amides is 3. The van der Waals surface area contributed by atoms with E-state index < -0.39 is 66.4 Å². The van der Waals surface area contributed by atoms with Crippen molar-refractivity contribution in [1.82, 2.24) is 25.9 Å². The van der Waals surface area contributed by atoms with E-state index in [0.717, 1.165) is 0 Å². The van der Waals surface area contributed by atoms with E-state index in [9.17, 15) is 39.3 Å². The molecule has 1 aromatic heterocycles. The fourth-order valence-electron chi connectivity index (χ4n) is 3.37. The third-order valence-electron chi connectivity index (χ3n) is 5.40. The second kappa shape index (κ2) is 13.7. The van der Waals surface area contributed by atoms with E-state index in [1.807, 2.05) is 0 Å². The van der Waals surface area contributed by atoms with Crippen LogP contribution in [0.3, 0.4) is 0 Å². The number of nitrogens with zero attached hydrogens (tertiary/aromatic N) is 1. The van der Waals surface area contributed by atoms with Gasteiger partial charge in [0.05, 0.1) is 24.9 Å². The highest BCUT2D eigenvalue weighted by molar-refractivity contribution is 5.95. The van der Waals surface area contributed by atoms with Crippen LogP contribution in [0.2, 0.25) is 0 Å². The maximum atomic E-state index is 13.1. The first-order valence-corrected chi connectivity index (χ1v) is 11.4. The van der Waals surface area contributed by atoms with Gasteiger partial charge in [-0.25, -0.2) is 9.78 Å². The summed E-state index contributed by atoms with van der Waals surface area (Å²) in [5, 5.41) is 44.9. The second-order valence-corrected chi connectivity index (χ2v) is 8.54. The zero-order valence-electron chi connectivity index (χ0n) is 20.3. The highest BCUT2D eigenvalue weighted by atomic mass is 16.4. The first kappa shape index (κ1) is 29.7. The molecule has 0 radical (unpaired) electrons. The van der Waals surface area contributed by atoms with Gasteiger partial charge in [0.1, 0.15) is 23.9 Å². The Morgan fingerprint density at radius 1 is 0.947 bits per heavy atom. The number of hydrogen-bond donors (Lipinski definition) is 9. The number of carbonyl (C=O) groups is 5. The van der Waals surface area contributed by atoms with Crippen molar-refractivity contribution < 1.29 is 44.4 Å². The Kier molecular flexibility index (Phi) is 10.7. The van der Waals surface area contributed by atoms with Crippen molar-refractivity contribution in [2.45, 2.75) is 56.5 Å². The van der Waals surface area contributed by atoms with Crippen LogP contribution in [0.15, 0.2) is 36.8 Å². The van der Waals surface area contributed by atoms with E-state index >= 15 is 0 Å². The predicted molar refractivity (Wildman–Crippen MR) is 129 cm³/mol. The number of aliphatic carboxylic acids is 2. The summed E-state index contributed by atoms with van der Waals surface area (Å²) in [6.07, 6.45) is 0.265. The Labute approximate surface area is 216 Å². The molecule has 0 aliphatic rings. The number of carboxylic acid groups (broad SMARTS) is 2. The summed E-state index contributed by atoms with van der Waals surface area (Å²) in [4.78, 5) is 67.5. The maximum absolute atomic E-state index is 13.1. The van der Waals surface area contributed by atoms with Crippen LogP contribution in [-0.4, -0.2) is 90.3 Å². The Morgan fingerprint density at radius 2 is 1.58 bits per heavy atom. The summed E-state index contributed by atoms with van der Waals surface area (Å²) in [5.74, 6) is -5.63. The fourth-order valence-corrected chi connectivity index (χ4v) is 3.37. The predicted octanol–water partition coefficient (Wildman–Crippen LogP) is -2.38. The smallest absolute Gasteiger partial charge is 0.326 e. The van der Waals surface area contributed by atoms with Gasteiger partial charge >= 0.3 is 11.9 Å². The summed E-state index contributed by atoms with van der Waals surface area (Å²) in [6.45, 7) is 1.19. The number of phenols is 1. The van der Waals surface area contributed by atoms with E-state index in [1.54, 1.807) is 0 Å². The van der Waals surface area contributed by atoms with Crippen LogP contribution in [0, 0.1) is 0 Å². The molecule has 0 spiro atoms. The van der Waals surface area contributed by atoms with Gasteiger partial charge in [-0.1, -0.05) is 12.1 Å². The molecule has 10 N–H and O–H groups in total. The lowest BCUT2D eigenvalue weighted by Gasteiger charge is -2.26. The van der Waals surface area contributed by atoms with E-state index in [-0.39, 0.29) is 18.6 Å². The van der Waals surface area contributed by atoms with Crippen LogP contribution in [0.5, 0.6) is 5.75 Å². The molecule has 206 valence electrons. The molecule has 0 fully saturated rings. The number of aliphatic hydroxyl groups excluding tert-OH is 1. The van der Waals surface area contributed by atoms with E-state index in [4.69, 9.17) is 10.8 Å². The molecule has 0 saturated carbocycles. The minimum atomic E-state index is -1.61. The summed E-state index contributed by atoms with van der Waals surface area (Å²) < 4.78 is 0. The Hall–Kier alpha value is -4.50. The Bertz CT molecular complexity index is 1120. The van der Waals surface area contributed by atoms with Crippen molar-refractivity contribution in [3.05, 3.63) is 48.0 Å². The monoisotopic (exact) mass is 534 g/mol. The molecule has 3 amide bonds. The zero-order valence-corrected chi connectivity index (χ0v) is 20.3. The van der Waals surface area contributed by atoms with Gasteiger partial charge in [0.25, 0.3) is 0 Å². The van der Waals surface area contributed by atoms with Gasteiger partial charge in [-0.15, -0.1) is 0 Å². The van der Waals surface area contributed by atoms with E-state index in [2.05, 4.69) is 25.9 Å². The third-order valence-corrected chi connectivity index (χ3v) is 5.40. The molecule has 2 aromatic rings. The number of rotatable bonds is 14. The molecule has 0 bridgehead atoms. The highest BCUT2D eigenvalue weighted by Gasteiger charge is 2.33. The van der Waals surface area contributed by atoms with Crippen LogP contribution >= 0.6 is 0 Å². The largest absolute Gasteiger partial charge is 0.508 e. The lowest BCUT2D eigenvalue weighted by atomic mass is 10.0. The number of aromatic hydroxyl groups is 1. The lowest BCUT2D eigenvalue weighted by molar-refractivity contribution is -0.142. The standard InChI is InChI=1S/C23H30N6O9/c1-11(30)19(29-20(34)15(24)8-18(32)33)22(36)27-16(6-12-2-4-14(31)5-3-12)21(35)28-17(23(37)38)7-13-9-25-10-26-13/h2-5,9-11,15-17,19,30-31H,6-8,24H2,1H3,(H,25,26)(H,27,36)(H,28,35)(H,29,34)(H,32,33)(H,37,38). The number of nitrogens with one attached hydrogen (secondary N) is 4. The molecule has 0 aliphatic carbocycles. The summed E-state index contributed by atoms with van der Waals surface area (Å²) in [7, 11) is 0. The molecule has 5 unspecified atom stereocenters. The maximum Gasteiger partial charge on any atom is 0.326 e. The number of aromatic amines is 1. The number of aliphatic hydroxyl groups is 1. The lowest BCUT2D eigenvalue weighted by Crippen LogP contribution is -2.60. The number of aromatic nitrogens is 2. The first-order valence-electron chi connectivity index (χ1n) is 11.4. The third kappa shape index (κ3) is 9.18. The zero-order chi connectivity index (χ0) is 28.4. The average molecular weight is 535 g/mol. The number of carbonyl (C=O) groups excluding carboxylic acids is 3. The average Bonchev–Trinajstić information content (AvgIpc) is 3.35. The number of hydrogen-bond acceptors (Lipinski definition) is 9. The van der Waals surface area contributed by atoms with Crippen LogP contribution < -0.4 is 21.7 Å². The van der Waals surface area contributed by atoms with Crippen molar-refractivity contribution in [3.63, 3.8) is 0 Å². The van der Waals surface area contributed by atoms with Gasteiger partial charge < -0.3 is 47.1 Å². The molecular formula is C23H30N6O9. The molecule has 5 atom stereocenters. The fraction of sp³-hybridized carbons (Fsp3) is 0.391. The van der Waals surface area contributed by atoms with E-state index in [1.165, 1.54) is 43.7 Å². The van der Waals surface area contributed by atoms with Crippen LogP contribution in [-0.2, 0) is 36.8 Å². The van der Waals surface area contributed by atoms with Gasteiger partial charge in [-0.05, 0) is 24.6 Å². The highest BCUT2D eigenvalue weighted by Crippen LogP contribution is 2.12. The van der Waals surface area contributed by atoms with Gasteiger partial charge in [-0.3, -0.25) is 19.2 Å². The van der Waals surface area contributed by atoms with Crippen molar-refractivity contribution >= 4 is 29.7 Å². The Morgan fingerprint density at radius 3 is 2.11 bits per heavy atom. The Balaban J connectivity index is 2.24. The molecule has 38 heavy (non-hydrogen) atoms. The van der Waals surface area contributed by atoms with Crippen LogP contribution in [0.4, 0.5) is 0 Å². The normalized spacial score (nSPS) is 14.8. The van der Waals surface area contributed by atoms with Gasteiger partial charge in [0.15, 0.2) is 0 Å². The van der Waals surface area contributed by atoms with Crippen molar-refractivity contribution in [1.29, 1.82) is 0 Å². The number of carboxylic acids is 2. The van der Waals surface area contributed by atoms with Gasteiger partial charge in [-0.2, -0.15) is 0 Å². The van der Waals surface area contributed by atoms with Crippen molar-refractivity contribution in [3.8, 4) is 5.75 Å². The van der Waals surface area contributed by atoms with Crippen molar-refractivity contribution in [2.75, 3.05) is 0 Å². The quantitative estimate of drug-likeness (QED) is 0.124. The number of phenolic OH excluding ortho intramolecular Hbond substituents is 1. The molecule has 1 aromatic carbocycles. The molecular weight excluding hydrogens is 504 g/mol. The SMILES string of the molecule is CC(O)C(NC(=O)C(N)CC(=O)O)C(=O)NC(Cc1ccc(O)cc1)C(=O)NC(Cc1cnc[nH]1)C(=O)O. The van der Waals surface area contributed by atoms with Crippen LogP contribution in [0.1, 0.15) is 24.6 Å². The number of imidazole rings is 1. The van der Waals surface area contributed by atoms with Crippen molar-refractivity contribution in [2.24, 2.45) is 5.73 Å². The number of H-pyrrole nitrogens is 1. The van der Waals surface area contributed by atoms with Crippen LogP contribution in [0.25, 0.3) is 0 Å². The number of nitrogens with two attached hydrogens (primary N) is 1. The summed E-state index contributed by atoms with van der Waals surface area (Å²) in [6, 6.07) is -0.195. The molecule has 2 rings (SSSR count). The topological polar surface area (TPSA) is 257 Å². The van der Waals surface area contributed by atoms with E-state index in [0.29, 0.717) is 11.3 Å². The minimum absolute atomic E-state index is 0.0427.